The van der Waals surface area contributed by atoms with Crippen LogP contribution in [0, 0.1) is 0 Å². The Bertz CT molecular complexity index is 786. The summed E-state index contributed by atoms with van der Waals surface area (Å²) in [5, 5.41) is 5.28. The first-order chi connectivity index (χ1) is 9.83. The van der Waals surface area contributed by atoms with Crippen LogP contribution in [0.5, 0.6) is 0 Å². The minimum absolute atomic E-state index is 0.765. The van der Waals surface area contributed by atoms with Crippen molar-refractivity contribution >= 4 is 33.9 Å². The number of anilines is 1. The molecular formula is C15H14N4S. The number of thiocarbonyl (C=S) groups is 1. The number of rotatable bonds is 2. The number of hydrogen-bond acceptors (Lipinski definition) is 1. The first-order valence-corrected chi connectivity index (χ1v) is 7.00. The zero-order chi connectivity index (χ0) is 13.5. The second-order valence-corrected chi connectivity index (χ2v) is 5.33. The number of H-pyrrole nitrogens is 2. The molecule has 0 spiro atoms. The molecule has 0 atom stereocenters. The molecule has 0 amide bonds. The molecule has 0 saturated carbocycles. The number of hydrogen-bond donors (Lipinski definition) is 3. The zero-order valence-electron chi connectivity index (χ0n) is 10.8. The summed E-state index contributed by atoms with van der Waals surface area (Å²) in [6.45, 7) is 1.53. The van der Waals surface area contributed by atoms with E-state index in [1.54, 1.807) is 0 Å². The molecule has 3 heterocycles. The van der Waals surface area contributed by atoms with E-state index < -0.39 is 0 Å². The molecule has 0 radical (unpaired) electrons. The summed E-state index contributed by atoms with van der Waals surface area (Å²) in [5.74, 6) is 0. The van der Waals surface area contributed by atoms with Crippen LogP contribution in [-0.2, 0) is 13.1 Å². The first kappa shape index (κ1) is 11.5. The Kier molecular flexibility index (Phi) is 2.53. The average molecular weight is 282 g/mol. The monoisotopic (exact) mass is 282 g/mol. The lowest BCUT2D eigenvalue weighted by atomic mass is 10.1. The molecule has 20 heavy (non-hydrogen) atoms. The predicted molar refractivity (Wildman–Crippen MR) is 84.7 cm³/mol. The average Bonchev–Trinajstić information content (AvgIpc) is 3.09. The highest BCUT2D eigenvalue weighted by Crippen LogP contribution is 2.27. The molecule has 5 heteroatoms. The van der Waals surface area contributed by atoms with Gasteiger partial charge in [0.1, 0.15) is 0 Å². The van der Waals surface area contributed by atoms with Gasteiger partial charge in [-0.2, -0.15) is 0 Å². The molecule has 4 rings (SSSR count). The number of para-hydroxylation sites is 1. The van der Waals surface area contributed by atoms with Crippen LogP contribution in [0.15, 0.2) is 42.7 Å². The molecule has 1 aliphatic rings. The number of aromatic amines is 2. The van der Waals surface area contributed by atoms with Gasteiger partial charge in [-0.3, -0.25) is 0 Å². The Morgan fingerprint density at radius 3 is 3.00 bits per heavy atom. The van der Waals surface area contributed by atoms with E-state index in [1.165, 1.54) is 22.3 Å². The van der Waals surface area contributed by atoms with Gasteiger partial charge in [0.05, 0.1) is 24.5 Å². The summed E-state index contributed by atoms with van der Waals surface area (Å²) in [5.41, 5.74) is 4.75. The van der Waals surface area contributed by atoms with Crippen LogP contribution >= 0.6 is 12.2 Å². The fourth-order valence-corrected chi connectivity index (χ4v) is 2.98. The van der Waals surface area contributed by atoms with Gasteiger partial charge in [-0.15, -0.1) is 0 Å². The molecule has 0 saturated heterocycles. The lowest BCUT2D eigenvalue weighted by molar-refractivity contribution is 0.818. The minimum atomic E-state index is 0.765. The van der Waals surface area contributed by atoms with Gasteiger partial charge >= 0.3 is 0 Å². The predicted octanol–water partition coefficient (Wildman–Crippen LogP) is 2.89. The van der Waals surface area contributed by atoms with E-state index in [-0.39, 0.29) is 0 Å². The quantitative estimate of drug-likeness (QED) is 0.633. The summed E-state index contributed by atoms with van der Waals surface area (Å²) in [6, 6.07) is 10.4. The van der Waals surface area contributed by atoms with Crippen LogP contribution in [0.4, 0.5) is 5.69 Å². The van der Waals surface area contributed by atoms with Crippen molar-refractivity contribution in [2.45, 2.75) is 13.1 Å². The van der Waals surface area contributed by atoms with Gasteiger partial charge < -0.3 is 20.2 Å². The standard InChI is InChI=1S/C15H14N4S/c20-15-18-8-13-14(5-6-16-13)19(15)9-10-7-17-12-4-2-1-3-11(10)12/h1-7,16-17H,8-9H2,(H,18,20). The van der Waals surface area contributed by atoms with Gasteiger partial charge in [0, 0.05) is 23.3 Å². The van der Waals surface area contributed by atoms with Crippen molar-refractivity contribution in [3.8, 4) is 0 Å². The maximum atomic E-state index is 5.46. The lowest BCUT2D eigenvalue weighted by Gasteiger charge is -2.30. The summed E-state index contributed by atoms with van der Waals surface area (Å²) in [7, 11) is 0. The third kappa shape index (κ3) is 1.71. The number of aromatic nitrogens is 2. The second kappa shape index (κ2) is 4.38. The Balaban J connectivity index is 1.74. The summed E-state index contributed by atoms with van der Waals surface area (Å²) in [6.07, 6.45) is 4.02. The number of fused-ring (bicyclic) bond motifs is 2. The second-order valence-electron chi connectivity index (χ2n) is 4.95. The smallest absolute Gasteiger partial charge is 0.174 e. The van der Waals surface area contributed by atoms with Crippen molar-refractivity contribution in [2.24, 2.45) is 0 Å². The topological polar surface area (TPSA) is 46.9 Å². The van der Waals surface area contributed by atoms with Crippen LogP contribution < -0.4 is 10.2 Å². The Labute approximate surface area is 121 Å². The van der Waals surface area contributed by atoms with Crippen molar-refractivity contribution < 1.29 is 0 Å². The zero-order valence-corrected chi connectivity index (χ0v) is 11.6. The molecule has 0 aliphatic carbocycles. The van der Waals surface area contributed by atoms with Gasteiger partial charge in [0.15, 0.2) is 5.11 Å². The van der Waals surface area contributed by atoms with Crippen molar-refractivity contribution in [2.75, 3.05) is 4.90 Å². The fraction of sp³-hybridized carbons (Fsp3) is 0.133. The van der Waals surface area contributed by atoms with Crippen LogP contribution in [0.3, 0.4) is 0 Å². The highest BCUT2D eigenvalue weighted by molar-refractivity contribution is 7.80. The van der Waals surface area contributed by atoms with E-state index in [0.717, 1.165) is 23.7 Å². The molecule has 0 unspecified atom stereocenters. The molecule has 100 valence electrons. The van der Waals surface area contributed by atoms with Gasteiger partial charge in [-0.25, -0.2) is 0 Å². The van der Waals surface area contributed by atoms with E-state index in [9.17, 15) is 0 Å². The van der Waals surface area contributed by atoms with Crippen molar-refractivity contribution in [1.82, 2.24) is 15.3 Å². The molecule has 0 fully saturated rings. The summed E-state index contributed by atoms with van der Waals surface area (Å²) < 4.78 is 0. The molecular weight excluding hydrogens is 268 g/mol. The van der Waals surface area contributed by atoms with Crippen molar-refractivity contribution in [3.63, 3.8) is 0 Å². The molecule has 3 N–H and O–H groups in total. The first-order valence-electron chi connectivity index (χ1n) is 6.59. The summed E-state index contributed by atoms with van der Waals surface area (Å²) >= 11 is 5.46. The maximum Gasteiger partial charge on any atom is 0.174 e. The molecule has 0 bridgehead atoms. The van der Waals surface area contributed by atoms with Crippen LogP contribution in [0.25, 0.3) is 10.9 Å². The molecule has 4 nitrogen and oxygen atoms in total. The van der Waals surface area contributed by atoms with E-state index in [0.29, 0.717) is 0 Å². The van der Waals surface area contributed by atoms with Crippen LogP contribution in [-0.4, -0.2) is 15.1 Å². The van der Waals surface area contributed by atoms with Gasteiger partial charge in [-0.1, -0.05) is 18.2 Å². The van der Waals surface area contributed by atoms with E-state index in [1.807, 2.05) is 12.3 Å². The molecule has 2 aromatic heterocycles. The van der Waals surface area contributed by atoms with Crippen molar-refractivity contribution in [1.29, 1.82) is 0 Å². The van der Waals surface area contributed by atoms with E-state index in [2.05, 4.69) is 50.6 Å². The Hall–Kier alpha value is -2.27. The fourth-order valence-electron chi connectivity index (χ4n) is 2.75. The molecule has 3 aromatic rings. The Morgan fingerprint density at radius 1 is 1.15 bits per heavy atom. The highest BCUT2D eigenvalue weighted by atomic mass is 32.1. The number of nitrogens with zero attached hydrogens (tertiary/aromatic N) is 1. The van der Waals surface area contributed by atoms with E-state index >= 15 is 0 Å². The highest BCUT2D eigenvalue weighted by Gasteiger charge is 2.22. The van der Waals surface area contributed by atoms with Crippen LogP contribution in [0.2, 0.25) is 0 Å². The Morgan fingerprint density at radius 2 is 2.05 bits per heavy atom. The van der Waals surface area contributed by atoms with Gasteiger partial charge in [0.25, 0.3) is 0 Å². The molecule has 1 aliphatic heterocycles. The normalized spacial score (nSPS) is 14.4. The largest absolute Gasteiger partial charge is 0.362 e. The minimum Gasteiger partial charge on any atom is -0.362 e. The van der Waals surface area contributed by atoms with E-state index in [4.69, 9.17) is 12.2 Å². The van der Waals surface area contributed by atoms with Gasteiger partial charge in [0.2, 0.25) is 0 Å². The third-order valence-corrected chi connectivity index (χ3v) is 4.13. The third-order valence-electron chi connectivity index (χ3n) is 3.76. The van der Waals surface area contributed by atoms with Crippen LogP contribution in [0.1, 0.15) is 11.3 Å². The lowest BCUT2D eigenvalue weighted by Crippen LogP contribution is -2.43. The SMILES string of the molecule is S=C1NCc2[nH]ccc2N1Cc1c[nH]c2ccccc12. The molecule has 1 aromatic carbocycles. The number of benzene rings is 1. The number of nitrogens with one attached hydrogen (secondary N) is 3. The van der Waals surface area contributed by atoms with Gasteiger partial charge in [-0.05, 0) is 29.9 Å². The summed E-state index contributed by atoms with van der Waals surface area (Å²) in [4.78, 5) is 8.70. The maximum absolute atomic E-state index is 5.46. The van der Waals surface area contributed by atoms with Crippen molar-refractivity contribution in [3.05, 3.63) is 54.0 Å².